The van der Waals surface area contributed by atoms with E-state index in [1.165, 1.54) is 0 Å². The summed E-state index contributed by atoms with van der Waals surface area (Å²) >= 11 is 3.27. The Balaban J connectivity index is 2.38. The van der Waals surface area contributed by atoms with Gasteiger partial charge in [0.25, 0.3) is 0 Å². The molecule has 0 aromatic carbocycles. The fraction of sp³-hybridized carbons (Fsp3) is 0.583. The van der Waals surface area contributed by atoms with Crippen LogP contribution in [0, 0.1) is 5.92 Å². The van der Waals surface area contributed by atoms with Crippen molar-refractivity contribution in [2.75, 3.05) is 13.2 Å². The number of hydrogen-bond donors (Lipinski definition) is 1. The summed E-state index contributed by atoms with van der Waals surface area (Å²) < 4.78 is 7.92. The molecule has 0 aliphatic rings. The van der Waals surface area contributed by atoms with E-state index in [2.05, 4.69) is 29.8 Å². The van der Waals surface area contributed by atoms with Gasteiger partial charge in [0.2, 0.25) is 0 Å². The molecule has 96 valence electrons. The number of aromatic nitrogens is 1. The molecule has 5 heteroatoms. The van der Waals surface area contributed by atoms with Crippen LogP contribution >= 0.6 is 15.9 Å². The fourth-order valence-electron chi connectivity index (χ4n) is 1.42. The maximum Gasteiger partial charge on any atom is 0.352 e. The highest BCUT2D eigenvalue weighted by molar-refractivity contribution is 9.10. The highest BCUT2D eigenvalue weighted by Crippen LogP contribution is 2.15. The highest BCUT2D eigenvalue weighted by Gasteiger charge is 2.10. The number of rotatable bonds is 7. The van der Waals surface area contributed by atoms with Crippen molar-refractivity contribution < 1.29 is 14.6 Å². The molecule has 1 heterocycles. The van der Waals surface area contributed by atoms with Crippen LogP contribution in [0.15, 0.2) is 16.7 Å². The minimum absolute atomic E-state index is 0.282. The normalized spacial score (nSPS) is 11.1. The van der Waals surface area contributed by atoms with Gasteiger partial charge in [0, 0.05) is 23.8 Å². The van der Waals surface area contributed by atoms with Crippen LogP contribution in [0.2, 0.25) is 0 Å². The molecule has 0 radical (unpaired) electrons. The molecule has 0 atom stereocenters. The lowest BCUT2D eigenvalue weighted by Gasteiger charge is -2.08. The average molecular weight is 304 g/mol. The van der Waals surface area contributed by atoms with Crippen molar-refractivity contribution in [1.82, 2.24) is 4.57 Å². The van der Waals surface area contributed by atoms with E-state index in [4.69, 9.17) is 9.84 Å². The Morgan fingerprint density at radius 1 is 1.53 bits per heavy atom. The van der Waals surface area contributed by atoms with Crippen LogP contribution in [0.4, 0.5) is 0 Å². The Kier molecular flexibility index (Phi) is 5.71. The van der Waals surface area contributed by atoms with Crippen molar-refractivity contribution in [1.29, 1.82) is 0 Å². The lowest BCUT2D eigenvalue weighted by Crippen LogP contribution is -2.12. The lowest BCUT2D eigenvalue weighted by molar-refractivity contribution is 0.0679. The number of aromatic carboxylic acids is 1. The molecule has 0 fully saturated rings. The van der Waals surface area contributed by atoms with E-state index in [1.807, 2.05) is 0 Å². The van der Waals surface area contributed by atoms with Crippen LogP contribution < -0.4 is 0 Å². The van der Waals surface area contributed by atoms with Crippen LogP contribution in [0.3, 0.4) is 0 Å². The number of carboxylic acid groups (broad SMARTS) is 1. The zero-order chi connectivity index (χ0) is 12.8. The number of nitrogens with zero attached hydrogens (tertiary/aromatic N) is 1. The van der Waals surface area contributed by atoms with Gasteiger partial charge >= 0.3 is 5.97 Å². The highest BCUT2D eigenvalue weighted by atomic mass is 79.9. The molecule has 4 nitrogen and oxygen atoms in total. The molecule has 0 saturated heterocycles. The average Bonchev–Trinajstić information content (AvgIpc) is 2.59. The third kappa shape index (κ3) is 4.91. The maximum absolute atomic E-state index is 10.9. The predicted molar refractivity (Wildman–Crippen MR) is 69.4 cm³/mol. The van der Waals surface area contributed by atoms with Crippen molar-refractivity contribution in [3.05, 3.63) is 22.4 Å². The number of hydrogen-bond acceptors (Lipinski definition) is 2. The zero-order valence-corrected chi connectivity index (χ0v) is 11.7. The number of halogens is 1. The summed E-state index contributed by atoms with van der Waals surface area (Å²) in [7, 11) is 0. The van der Waals surface area contributed by atoms with Crippen LogP contribution in [-0.4, -0.2) is 28.9 Å². The molecule has 0 spiro atoms. The first-order chi connectivity index (χ1) is 8.00. The topological polar surface area (TPSA) is 51.5 Å². The Morgan fingerprint density at radius 2 is 2.24 bits per heavy atom. The lowest BCUT2D eigenvalue weighted by atomic mass is 10.1. The largest absolute Gasteiger partial charge is 0.477 e. The molecular weight excluding hydrogens is 286 g/mol. The van der Waals surface area contributed by atoms with Gasteiger partial charge in [-0.25, -0.2) is 4.79 Å². The van der Waals surface area contributed by atoms with Crippen molar-refractivity contribution in [2.45, 2.75) is 26.8 Å². The summed E-state index contributed by atoms with van der Waals surface area (Å²) in [5.74, 6) is -0.289. The van der Waals surface area contributed by atoms with E-state index < -0.39 is 5.97 Å². The van der Waals surface area contributed by atoms with Crippen LogP contribution in [0.25, 0.3) is 0 Å². The molecular formula is C12H18BrNO3. The van der Waals surface area contributed by atoms with E-state index in [1.54, 1.807) is 16.8 Å². The predicted octanol–water partition coefficient (Wildman–Crippen LogP) is 3.01. The Morgan fingerprint density at radius 3 is 2.82 bits per heavy atom. The van der Waals surface area contributed by atoms with Crippen LogP contribution in [0.5, 0.6) is 0 Å². The van der Waals surface area contributed by atoms with Crippen molar-refractivity contribution >= 4 is 21.9 Å². The van der Waals surface area contributed by atoms with Gasteiger partial charge in [-0.1, -0.05) is 13.8 Å². The first-order valence-electron chi connectivity index (χ1n) is 5.67. The molecule has 1 aromatic heterocycles. The Labute approximate surface area is 110 Å². The zero-order valence-electron chi connectivity index (χ0n) is 10.1. The monoisotopic (exact) mass is 303 g/mol. The molecule has 0 amide bonds. The van der Waals surface area contributed by atoms with Crippen molar-refractivity contribution in [2.24, 2.45) is 5.92 Å². The smallest absolute Gasteiger partial charge is 0.352 e. The van der Waals surface area contributed by atoms with Gasteiger partial charge in [-0.15, -0.1) is 0 Å². The first-order valence-corrected chi connectivity index (χ1v) is 6.46. The quantitative estimate of drug-likeness (QED) is 0.788. The summed E-state index contributed by atoms with van der Waals surface area (Å²) in [5, 5.41) is 8.97. The number of ether oxygens (including phenoxy) is 1. The Hall–Kier alpha value is -0.810. The van der Waals surface area contributed by atoms with Crippen molar-refractivity contribution in [3.8, 4) is 0 Å². The van der Waals surface area contributed by atoms with Gasteiger partial charge < -0.3 is 14.4 Å². The molecule has 0 aliphatic heterocycles. The summed E-state index contributed by atoms with van der Waals surface area (Å²) in [6.45, 7) is 6.12. The molecule has 17 heavy (non-hydrogen) atoms. The number of carbonyl (C=O) groups is 1. The van der Waals surface area contributed by atoms with Gasteiger partial charge in [0.1, 0.15) is 5.69 Å². The fourth-order valence-corrected chi connectivity index (χ4v) is 1.89. The SMILES string of the molecule is CC(C)CCOCCn1cc(Br)cc1C(=O)O. The molecule has 0 saturated carbocycles. The summed E-state index contributed by atoms with van der Waals surface area (Å²) in [5.41, 5.74) is 0.282. The first kappa shape index (κ1) is 14.3. The summed E-state index contributed by atoms with van der Waals surface area (Å²) in [6.07, 6.45) is 2.79. The van der Waals surface area contributed by atoms with Gasteiger partial charge in [0.05, 0.1) is 6.61 Å². The molecule has 1 N–H and O–H groups in total. The third-order valence-corrected chi connectivity index (χ3v) is 2.83. The molecule has 0 unspecified atom stereocenters. The van der Waals surface area contributed by atoms with E-state index in [9.17, 15) is 4.79 Å². The minimum Gasteiger partial charge on any atom is -0.477 e. The second kappa shape index (κ2) is 6.81. The summed E-state index contributed by atoms with van der Waals surface area (Å²) in [4.78, 5) is 10.9. The Bertz CT molecular complexity index is 374. The molecule has 0 bridgehead atoms. The van der Waals surface area contributed by atoms with Gasteiger partial charge in [-0.2, -0.15) is 0 Å². The van der Waals surface area contributed by atoms with E-state index in [0.717, 1.165) is 17.5 Å². The second-order valence-electron chi connectivity index (χ2n) is 4.34. The molecule has 1 rings (SSSR count). The molecule has 0 aliphatic carbocycles. The summed E-state index contributed by atoms with van der Waals surface area (Å²) in [6, 6.07) is 1.59. The van der Waals surface area contributed by atoms with E-state index in [0.29, 0.717) is 19.1 Å². The number of carboxylic acids is 1. The standard InChI is InChI=1S/C12H18BrNO3/c1-9(2)3-5-17-6-4-14-8-10(13)7-11(14)12(15)16/h7-9H,3-6H2,1-2H3,(H,15,16). The van der Waals surface area contributed by atoms with Gasteiger partial charge in [0.15, 0.2) is 0 Å². The van der Waals surface area contributed by atoms with Crippen LogP contribution in [-0.2, 0) is 11.3 Å². The second-order valence-corrected chi connectivity index (χ2v) is 5.25. The van der Waals surface area contributed by atoms with E-state index in [-0.39, 0.29) is 5.69 Å². The minimum atomic E-state index is -0.919. The van der Waals surface area contributed by atoms with Gasteiger partial charge in [-0.05, 0) is 34.3 Å². The van der Waals surface area contributed by atoms with Crippen molar-refractivity contribution in [3.63, 3.8) is 0 Å². The third-order valence-electron chi connectivity index (χ3n) is 2.40. The van der Waals surface area contributed by atoms with Crippen LogP contribution in [0.1, 0.15) is 30.8 Å². The molecule has 1 aromatic rings. The van der Waals surface area contributed by atoms with E-state index >= 15 is 0 Å². The maximum atomic E-state index is 10.9. The van der Waals surface area contributed by atoms with Gasteiger partial charge in [-0.3, -0.25) is 0 Å².